The zero-order valence-electron chi connectivity index (χ0n) is 8.05. The van der Waals surface area contributed by atoms with Crippen LogP contribution in [0.5, 0.6) is 0 Å². The summed E-state index contributed by atoms with van der Waals surface area (Å²) in [5, 5.41) is 19.2. The number of pyridine rings is 1. The molecule has 7 heteroatoms. The maximum atomic E-state index is 12.6. The molecule has 0 aliphatic carbocycles. The second-order valence-electron chi connectivity index (χ2n) is 2.89. The molecule has 16 heavy (non-hydrogen) atoms. The normalized spacial score (nSPS) is 11.9. The molecule has 1 rings (SSSR count). The number of nitrogens with zero attached hydrogens (tertiary/aromatic N) is 1. The number of aliphatic carboxylic acids is 1. The van der Waals surface area contributed by atoms with Crippen LogP contribution in [0.3, 0.4) is 0 Å². The Labute approximate surface area is 89.7 Å². The highest BCUT2D eigenvalue weighted by molar-refractivity contribution is 5.94. The molecule has 0 aromatic carbocycles. The van der Waals surface area contributed by atoms with Crippen molar-refractivity contribution in [2.75, 3.05) is 6.61 Å². The van der Waals surface area contributed by atoms with E-state index in [0.717, 1.165) is 6.07 Å². The number of aliphatic hydroxyl groups is 1. The number of rotatable bonds is 4. The van der Waals surface area contributed by atoms with Gasteiger partial charge in [0.05, 0.1) is 6.61 Å². The molecule has 1 heterocycles. The van der Waals surface area contributed by atoms with Gasteiger partial charge in [0.2, 0.25) is 5.95 Å². The Bertz CT molecular complexity index is 410. The van der Waals surface area contributed by atoms with E-state index < -0.39 is 30.5 Å². The number of aromatic nitrogens is 1. The molecule has 1 aromatic rings. The van der Waals surface area contributed by atoms with Gasteiger partial charge in [0.25, 0.3) is 5.91 Å². The van der Waals surface area contributed by atoms with Crippen LogP contribution in [0.15, 0.2) is 18.2 Å². The molecule has 86 valence electrons. The fourth-order valence-electron chi connectivity index (χ4n) is 0.952. The van der Waals surface area contributed by atoms with Gasteiger partial charge >= 0.3 is 5.97 Å². The van der Waals surface area contributed by atoms with Crippen molar-refractivity contribution in [2.24, 2.45) is 0 Å². The average molecular weight is 228 g/mol. The van der Waals surface area contributed by atoms with Gasteiger partial charge in [0, 0.05) is 0 Å². The Morgan fingerprint density at radius 3 is 2.69 bits per heavy atom. The molecule has 0 saturated carbocycles. The van der Waals surface area contributed by atoms with Crippen molar-refractivity contribution in [1.82, 2.24) is 10.3 Å². The molecule has 1 amide bonds. The van der Waals surface area contributed by atoms with Crippen LogP contribution >= 0.6 is 0 Å². The third-order valence-electron chi connectivity index (χ3n) is 1.73. The lowest BCUT2D eigenvalue weighted by molar-refractivity contribution is -0.140. The smallest absolute Gasteiger partial charge is 0.328 e. The first kappa shape index (κ1) is 12.1. The van der Waals surface area contributed by atoms with Gasteiger partial charge in [-0.05, 0) is 12.1 Å². The third-order valence-corrected chi connectivity index (χ3v) is 1.73. The lowest BCUT2D eigenvalue weighted by Crippen LogP contribution is -2.43. The summed E-state index contributed by atoms with van der Waals surface area (Å²) in [6, 6.07) is 2.12. The zero-order valence-corrected chi connectivity index (χ0v) is 8.05. The van der Waals surface area contributed by atoms with E-state index in [-0.39, 0.29) is 5.69 Å². The number of nitrogens with one attached hydrogen (secondary N) is 1. The topological polar surface area (TPSA) is 99.5 Å². The molecule has 0 bridgehead atoms. The highest BCUT2D eigenvalue weighted by Gasteiger charge is 2.20. The highest BCUT2D eigenvalue weighted by Crippen LogP contribution is 1.98. The maximum absolute atomic E-state index is 12.6. The standard InChI is InChI=1S/C9H9FN2O4/c10-7-3-1-2-5(11-7)8(14)12-6(4-13)9(15)16/h1-3,6,13H,4H2,(H,12,14)(H,15,16)/t6-/m1/s1. The van der Waals surface area contributed by atoms with E-state index in [1.807, 2.05) is 5.32 Å². The van der Waals surface area contributed by atoms with Crippen molar-refractivity contribution < 1.29 is 24.2 Å². The SMILES string of the molecule is O=C(N[C@H](CO)C(=O)O)c1cccc(F)n1. The highest BCUT2D eigenvalue weighted by atomic mass is 19.1. The summed E-state index contributed by atoms with van der Waals surface area (Å²) in [5.41, 5.74) is -0.250. The number of carbonyl (C=O) groups is 2. The van der Waals surface area contributed by atoms with E-state index in [1.165, 1.54) is 12.1 Å². The molecule has 0 radical (unpaired) electrons. The Morgan fingerprint density at radius 1 is 1.50 bits per heavy atom. The molecule has 0 aliphatic heterocycles. The first-order valence-electron chi connectivity index (χ1n) is 4.31. The van der Waals surface area contributed by atoms with Crippen molar-refractivity contribution in [3.8, 4) is 0 Å². The first-order chi connectivity index (χ1) is 7.54. The Kier molecular flexibility index (Phi) is 3.90. The van der Waals surface area contributed by atoms with Crippen molar-refractivity contribution >= 4 is 11.9 Å². The van der Waals surface area contributed by atoms with Gasteiger partial charge in [-0.15, -0.1) is 0 Å². The molecule has 0 aliphatic rings. The van der Waals surface area contributed by atoms with Crippen LogP contribution in [0.2, 0.25) is 0 Å². The van der Waals surface area contributed by atoms with Gasteiger partial charge in [0.15, 0.2) is 6.04 Å². The van der Waals surface area contributed by atoms with Crippen LogP contribution in [-0.4, -0.2) is 39.7 Å². The third kappa shape index (κ3) is 2.99. The van der Waals surface area contributed by atoms with E-state index in [1.54, 1.807) is 0 Å². The first-order valence-corrected chi connectivity index (χ1v) is 4.31. The average Bonchev–Trinajstić information content (AvgIpc) is 2.25. The molecular formula is C9H9FN2O4. The van der Waals surface area contributed by atoms with Crippen LogP contribution < -0.4 is 5.32 Å². The molecule has 1 aromatic heterocycles. The Hall–Kier alpha value is -2.02. The number of amides is 1. The molecular weight excluding hydrogens is 219 g/mol. The lowest BCUT2D eigenvalue weighted by Gasteiger charge is -2.10. The van der Waals surface area contributed by atoms with Gasteiger partial charge < -0.3 is 15.5 Å². The molecule has 6 nitrogen and oxygen atoms in total. The predicted octanol–water partition coefficient (Wildman–Crippen LogP) is -0.604. The van der Waals surface area contributed by atoms with Crippen molar-refractivity contribution in [1.29, 1.82) is 0 Å². The minimum Gasteiger partial charge on any atom is -0.480 e. The van der Waals surface area contributed by atoms with Crippen molar-refractivity contribution in [3.63, 3.8) is 0 Å². The maximum Gasteiger partial charge on any atom is 0.328 e. The van der Waals surface area contributed by atoms with Crippen LogP contribution in [0.4, 0.5) is 4.39 Å². The van der Waals surface area contributed by atoms with Gasteiger partial charge in [-0.2, -0.15) is 4.39 Å². The second-order valence-corrected chi connectivity index (χ2v) is 2.89. The summed E-state index contributed by atoms with van der Waals surface area (Å²) in [4.78, 5) is 25.1. The second kappa shape index (κ2) is 5.17. The van der Waals surface area contributed by atoms with Crippen LogP contribution in [-0.2, 0) is 4.79 Å². The summed E-state index contributed by atoms with van der Waals surface area (Å²) in [6.07, 6.45) is 0. The minimum atomic E-state index is -1.43. The molecule has 0 spiro atoms. The predicted molar refractivity (Wildman–Crippen MR) is 50.2 cm³/mol. The fraction of sp³-hybridized carbons (Fsp3) is 0.222. The summed E-state index contributed by atoms with van der Waals surface area (Å²) in [6.45, 7) is -0.754. The van der Waals surface area contributed by atoms with E-state index in [9.17, 15) is 14.0 Å². The number of hydrogen-bond donors (Lipinski definition) is 3. The lowest BCUT2D eigenvalue weighted by atomic mass is 10.3. The number of carboxylic acid groups (broad SMARTS) is 1. The number of halogens is 1. The van der Waals surface area contributed by atoms with Crippen molar-refractivity contribution in [3.05, 3.63) is 29.8 Å². The molecule has 3 N–H and O–H groups in total. The van der Waals surface area contributed by atoms with E-state index in [4.69, 9.17) is 10.2 Å². The Morgan fingerprint density at radius 2 is 2.19 bits per heavy atom. The summed E-state index contributed by atoms with van der Waals surface area (Å²) in [7, 11) is 0. The molecule has 1 atom stereocenters. The Balaban J connectivity index is 2.75. The number of hydrogen-bond acceptors (Lipinski definition) is 4. The monoisotopic (exact) mass is 228 g/mol. The van der Waals surface area contributed by atoms with Gasteiger partial charge in [0.1, 0.15) is 5.69 Å². The van der Waals surface area contributed by atoms with Crippen LogP contribution in [0.1, 0.15) is 10.5 Å². The van der Waals surface area contributed by atoms with Crippen LogP contribution in [0.25, 0.3) is 0 Å². The number of carbonyl (C=O) groups excluding carboxylic acids is 1. The summed E-state index contributed by atoms with van der Waals surface area (Å²) < 4.78 is 12.6. The summed E-state index contributed by atoms with van der Waals surface area (Å²) in [5.74, 6) is -3.09. The molecule has 0 unspecified atom stereocenters. The van der Waals surface area contributed by atoms with E-state index in [2.05, 4.69) is 4.98 Å². The minimum absolute atomic E-state index is 0.250. The largest absolute Gasteiger partial charge is 0.480 e. The van der Waals surface area contributed by atoms with E-state index in [0.29, 0.717) is 0 Å². The summed E-state index contributed by atoms with van der Waals surface area (Å²) >= 11 is 0. The van der Waals surface area contributed by atoms with Gasteiger partial charge in [-0.3, -0.25) is 4.79 Å². The van der Waals surface area contributed by atoms with Crippen molar-refractivity contribution in [2.45, 2.75) is 6.04 Å². The molecule has 0 fully saturated rings. The number of carboxylic acids is 1. The van der Waals surface area contributed by atoms with Crippen LogP contribution in [0, 0.1) is 5.95 Å². The number of aliphatic hydroxyl groups excluding tert-OH is 1. The zero-order chi connectivity index (χ0) is 12.1. The quantitative estimate of drug-likeness (QED) is 0.597. The van der Waals surface area contributed by atoms with Gasteiger partial charge in [-0.25, -0.2) is 9.78 Å². The molecule has 0 saturated heterocycles. The fourth-order valence-corrected chi connectivity index (χ4v) is 0.952. The van der Waals surface area contributed by atoms with Gasteiger partial charge in [-0.1, -0.05) is 6.07 Å². The van der Waals surface area contributed by atoms with E-state index >= 15 is 0 Å².